The Morgan fingerprint density at radius 3 is 2.16 bits per heavy atom. The Kier molecular flexibility index (Phi) is 4.30. The zero-order chi connectivity index (χ0) is 17.4. The normalized spacial score (nSPS) is 22.9. The highest BCUT2D eigenvalue weighted by Gasteiger charge is 2.34. The van der Waals surface area contributed by atoms with Gasteiger partial charge in [0.05, 0.1) is 11.8 Å². The van der Waals surface area contributed by atoms with Crippen molar-refractivity contribution in [2.45, 2.75) is 32.2 Å². The quantitative estimate of drug-likeness (QED) is 0.855. The number of amides is 1. The van der Waals surface area contributed by atoms with E-state index in [-0.39, 0.29) is 11.9 Å². The van der Waals surface area contributed by atoms with Crippen molar-refractivity contribution in [3.05, 3.63) is 81.5 Å². The molecule has 0 unspecified atom stereocenters. The predicted molar refractivity (Wildman–Crippen MR) is 103 cm³/mol. The molecule has 2 aliphatic heterocycles. The van der Waals surface area contributed by atoms with Crippen molar-refractivity contribution in [1.82, 2.24) is 10.6 Å². The Labute approximate surface area is 152 Å². The summed E-state index contributed by atoms with van der Waals surface area (Å²) in [6.07, 6.45) is 0.994. The minimum absolute atomic E-state index is 0.0727. The molecule has 0 saturated carbocycles. The third kappa shape index (κ3) is 3.31. The van der Waals surface area contributed by atoms with Crippen LogP contribution in [0.4, 0.5) is 0 Å². The number of allylic oxidation sites excluding steroid dienone is 1. The first-order valence-electron chi connectivity index (χ1n) is 8.66. The fourth-order valence-corrected chi connectivity index (χ4v) is 4.56. The topological polar surface area (TPSA) is 41.1 Å². The molecule has 3 nitrogen and oxygen atoms in total. The van der Waals surface area contributed by atoms with Crippen molar-refractivity contribution < 1.29 is 4.79 Å². The molecule has 2 N–H and O–H groups in total. The van der Waals surface area contributed by atoms with E-state index in [0.717, 1.165) is 12.2 Å². The lowest BCUT2D eigenvalue weighted by atomic mass is 9.86. The maximum Gasteiger partial charge on any atom is 0.235 e. The molecule has 128 valence electrons. The molecule has 0 aromatic heterocycles. The molecular weight excluding hydrogens is 328 g/mol. The molecular formula is C21H22N2OS. The molecule has 4 heteroatoms. The van der Waals surface area contributed by atoms with Gasteiger partial charge in [-0.15, -0.1) is 11.8 Å². The van der Waals surface area contributed by atoms with Gasteiger partial charge >= 0.3 is 0 Å². The zero-order valence-electron chi connectivity index (χ0n) is 14.5. The van der Waals surface area contributed by atoms with E-state index in [1.807, 2.05) is 0 Å². The summed E-state index contributed by atoms with van der Waals surface area (Å²) in [4.78, 5) is 13.1. The van der Waals surface area contributed by atoms with Gasteiger partial charge in [0.2, 0.25) is 5.91 Å². The summed E-state index contributed by atoms with van der Waals surface area (Å²) in [5.74, 6) is 1.78. The second-order valence-corrected chi connectivity index (χ2v) is 7.90. The van der Waals surface area contributed by atoms with Gasteiger partial charge in [0.1, 0.15) is 5.82 Å². The smallest absolute Gasteiger partial charge is 0.235 e. The van der Waals surface area contributed by atoms with Crippen molar-refractivity contribution in [3.63, 3.8) is 0 Å². The van der Waals surface area contributed by atoms with Crippen LogP contribution in [0.25, 0.3) is 0 Å². The first kappa shape index (κ1) is 16.3. The van der Waals surface area contributed by atoms with Gasteiger partial charge in [0.25, 0.3) is 0 Å². The third-order valence-electron chi connectivity index (χ3n) is 4.94. The van der Waals surface area contributed by atoms with Gasteiger partial charge in [0, 0.05) is 10.8 Å². The molecule has 1 amide bonds. The number of hydrogen-bond acceptors (Lipinski definition) is 3. The Morgan fingerprint density at radius 1 is 0.920 bits per heavy atom. The molecule has 2 heterocycles. The van der Waals surface area contributed by atoms with Gasteiger partial charge in [-0.25, -0.2) is 0 Å². The van der Waals surface area contributed by atoms with Crippen LogP contribution < -0.4 is 10.6 Å². The Morgan fingerprint density at radius 2 is 1.52 bits per heavy atom. The minimum Gasteiger partial charge on any atom is -0.364 e. The van der Waals surface area contributed by atoms with E-state index in [0.29, 0.717) is 11.7 Å². The van der Waals surface area contributed by atoms with Crippen LogP contribution >= 0.6 is 11.8 Å². The number of nitrogens with one attached hydrogen (secondary N) is 2. The SMILES string of the molecule is Cc1ccc([C@@H]2C[C@@H](c3ccc(C)cc3)C3=C(NC(=O)CS3)N2)cc1. The van der Waals surface area contributed by atoms with Gasteiger partial charge < -0.3 is 10.6 Å². The summed E-state index contributed by atoms with van der Waals surface area (Å²) in [7, 11) is 0. The number of carbonyl (C=O) groups excluding carboxylic acids is 1. The Bertz CT molecular complexity index is 824. The molecule has 0 fully saturated rings. The third-order valence-corrected chi connectivity index (χ3v) is 6.14. The summed E-state index contributed by atoms with van der Waals surface area (Å²) < 4.78 is 0. The van der Waals surface area contributed by atoms with E-state index < -0.39 is 0 Å². The van der Waals surface area contributed by atoms with Crippen molar-refractivity contribution in [2.75, 3.05) is 5.75 Å². The summed E-state index contributed by atoms with van der Waals surface area (Å²) in [6.45, 7) is 4.22. The molecule has 0 spiro atoms. The summed E-state index contributed by atoms with van der Waals surface area (Å²) in [5.41, 5.74) is 5.11. The molecule has 25 heavy (non-hydrogen) atoms. The average molecular weight is 350 g/mol. The van der Waals surface area contributed by atoms with E-state index in [1.54, 1.807) is 11.8 Å². The summed E-state index contributed by atoms with van der Waals surface area (Å²) in [6, 6.07) is 17.6. The van der Waals surface area contributed by atoms with Gasteiger partial charge in [-0.3, -0.25) is 4.79 Å². The maximum atomic E-state index is 11.9. The second kappa shape index (κ2) is 6.60. The van der Waals surface area contributed by atoms with Crippen LogP contribution in [0.2, 0.25) is 0 Å². The molecule has 2 aliphatic rings. The first-order chi connectivity index (χ1) is 12.1. The molecule has 0 saturated heterocycles. The van der Waals surface area contributed by atoms with E-state index in [1.165, 1.54) is 27.2 Å². The standard InChI is InChI=1S/C21H22N2OS/c1-13-3-7-15(8-4-13)17-11-18(16-9-5-14(2)6-10-16)22-21-20(17)25-12-19(24)23-21/h3-10,17-18,22H,11-12H2,1-2H3,(H,23,24)/t17-,18-/m0/s1. The molecule has 2 aromatic rings. The van der Waals surface area contributed by atoms with Crippen LogP contribution in [0, 0.1) is 13.8 Å². The van der Waals surface area contributed by atoms with E-state index >= 15 is 0 Å². The number of aryl methyl sites for hydroxylation is 2. The van der Waals surface area contributed by atoms with Crippen LogP contribution in [0.1, 0.15) is 40.6 Å². The van der Waals surface area contributed by atoms with Crippen molar-refractivity contribution in [2.24, 2.45) is 0 Å². The van der Waals surface area contributed by atoms with Gasteiger partial charge in [0.15, 0.2) is 0 Å². The van der Waals surface area contributed by atoms with Crippen molar-refractivity contribution in [3.8, 4) is 0 Å². The van der Waals surface area contributed by atoms with Gasteiger partial charge in [-0.1, -0.05) is 59.7 Å². The fourth-order valence-electron chi connectivity index (χ4n) is 3.51. The number of carbonyl (C=O) groups is 1. The Balaban J connectivity index is 1.72. The summed E-state index contributed by atoms with van der Waals surface area (Å²) >= 11 is 1.67. The lowest BCUT2D eigenvalue weighted by Crippen LogP contribution is -2.42. The molecule has 2 atom stereocenters. The lowest BCUT2D eigenvalue weighted by molar-refractivity contribution is -0.118. The lowest BCUT2D eigenvalue weighted by Gasteiger charge is -2.37. The molecule has 0 aliphatic carbocycles. The zero-order valence-corrected chi connectivity index (χ0v) is 15.3. The van der Waals surface area contributed by atoms with E-state index in [4.69, 9.17) is 0 Å². The maximum absolute atomic E-state index is 11.9. The minimum atomic E-state index is 0.0727. The molecule has 0 bridgehead atoms. The molecule has 0 radical (unpaired) electrons. The number of thioether (sulfide) groups is 1. The average Bonchev–Trinajstić information content (AvgIpc) is 2.62. The van der Waals surface area contributed by atoms with Crippen molar-refractivity contribution in [1.29, 1.82) is 0 Å². The van der Waals surface area contributed by atoms with Crippen LogP contribution in [-0.2, 0) is 4.79 Å². The molecule has 2 aromatic carbocycles. The van der Waals surface area contributed by atoms with Crippen LogP contribution in [-0.4, -0.2) is 11.7 Å². The Hall–Kier alpha value is -2.20. The first-order valence-corrected chi connectivity index (χ1v) is 9.65. The van der Waals surface area contributed by atoms with Gasteiger partial charge in [-0.2, -0.15) is 0 Å². The highest BCUT2D eigenvalue weighted by Crippen LogP contribution is 2.45. The van der Waals surface area contributed by atoms with E-state index in [9.17, 15) is 4.79 Å². The number of rotatable bonds is 2. The number of benzene rings is 2. The monoisotopic (exact) mass is 350 g/mol. The largest absolute Gasteiger partial charge is 0.364 e. The molecule has 4 rings (SSSR count). The fraction of sp³-hybridized carbons (Fsp3) is 0.286. The van der Waals surface area contributed by atoms with Gasteiger partial charge in [-0.05, 0) is 31.4 Å². The highest BCUT2D eigenvalue weighted by molar-refractivity contribution is 8.03. The van der Waals surface area contributed by atoms with Crippen LogP contribution in [0.15, 0.2) is 59.3 Å². The number of hydrogen-bond donors (Lipinski definition) is 2. The van der Waals surface area contributed by atoms with E-state index in [2.05, 4.69) is 73.0 Å². The highest BCUT2D eigenvalue weighted by atomic mass is 32.2. The van der Waals surface area contributed by atoms with Crippen LogP contribution in [0.3, 0.4) is 0 Å². The second-order valence-electron chi connectivity index (χ2n) is 6.88. The van der Waals surface area contributed by atoms with Crippen molar-refractivity contribution >= 4 is 17.7 Å². The predicted octanol–water partition coefficient (Wildman–Crippen LogP) is 4.15. The van der Waals surface area contributed by atoms with Crippen LogP contribution in [0.5, 0.6) is 0 Å². The summed E-state index contributed by atoms with van der Waals surface area (Å²) in [5, 5.41) is 6.61.